The number of halogens is 3. The second kappa shape index (κ2) is 10.8. The van der Waals surface area contributed by atoms with Gasteiger partial charge >= 0.3 is 18.1 Å². The van der Waals surface area contributed by atoms with Crippen molar-refractivity contribution in [2.45, 2.75) is 51.6 Å². The molecule has 3 rings (SSSR count). The molecular weight excluding hydrogens is 453 g/mol. The quantitative estimate of drug-likeness (QED) is 0.641. The van der Waals surface area contributed by atoms with E-state index in [9.17, 15) is 27.6 Å². The summed E-state index contributed by atoms with van der Waals surface area (Å²) in [6.07, 6.45) is -0.0129. The number of hydrogen-bond acceptors (Lipinski definition) is 6. The van der Waals surface area contributed by atoms with Gasteiger partial charge in [-0.05, 0) is 51.0 Å². The zero-order valence-corrected chi connectivity index (χ0v) is 18.3. The lowest BCUT2D eigenvalue weighted by Crippen LogP contribution is -2.41. The molecule has 0 saturated carbocycles. The first-order valence-electron chi connectivity index (χ1n) is 10.2. The number of nitrogens with two attached hydrogens (primary N) is 1. The van der Waals surface area contributed by atoms with E-state index >= 15 is 0 Å². The number of thiophene rings is 1. The van der Waals surface area contributed by atoms with Crippen molar-refractivity contribution in [2.75, 3.05) is 19.7 Å². The van der Waals surface area contributed by atoms with Crippen LogP contribution in [0, 0.1) is 5.92 Å². The molecule has 8 nitrogen and oxygen atoms in total. The van der Waals surface area contributed by atoms with Gasteiger partial charge in [0, 0.05) is 18.0 Å². The molecule has 1 saturated heterocycles. The summed E-state index contributed by atoms with van der Waals surface area (Å²) in [5, 5.41) is 7.12. The lowest BCUT2D eigenvalue weighted by atomic mass is 9.92. The Bertz CT molecular complexity index is 875. The topological polar surface area (TPSA) is 127 Å². The Hall–Kier alpha value is -2.63. The van der Waals surface area contributed by atoms with E-state index in [4.69, 9.17) is 20.4 Å². The Morgan fingerprint density at radius 3 is 2.22 bits per heavy atom. The summed E-state index contributed by atoms with van der Waals surface area (Å²) in [5.74, 6) is -3.72. The fourth-order valence-corrected chi connectivity index (χ4v) is 4.94. The van der Waals surface area contributed by atoms with Gasteiger partial charge in [-0.3, -0.25) is 14.4 Å². The maximum absolute atomic E-state index is 13.1. The van der Waals surface area contributed by atoms with Crippen LogP contribution in [0.4, 0.5) is 13.2 Å². The molecule has 0 aromatic carbocycles. The average molecular weight is 478 g/mol. The monoisotopic (exact) mass is 478 g/mol. The van der Waals surface area contributed by atoms with Gasteiger partial charge in [0.2, 0.25) is 0 Å². The van der Waals surface area contributed by atoms with E-state index < -0.39 is 18.1 Å². The largest absolute Gasteiger partial charge is 0.490 e. The highest BCUT2D eigenvalue weighted by molar-refractivity contribution is 7.14. The lowest BCUT2D eigenvalue weighted by Gasteiger charge is -2.31. The first kappa shape index (κ1) is 25.6. The number of esters is 1. The number of aryl methyl sites for hydroxylation is 1. The highest BCUT2D eigenvalue weighted by Gasteiger charge is 2.38. The van der Waals surface area contributed by atoms with Crippen LogP contribution in [0.1, 0.15) is 63.1 Å². The Balaban J connectivity index is 0.000000451. The molecule has 0 spiro atoms. The minimum atomic E-state index is -5.08. The number of ether oxygens (including phenoxy) is 1. The van der Waals surface area contributed by atoms with Crippen LogP contribution in [0.25, 0.3) is 0 Å². The van der Waals surface area contributed by atoms with Crippen LogP contribution in [0.15, 0.2) is 0 Å². The molecule has 0 unspecified atom stereocenters. The minimum Gasteiger partial charge on any atom is -0.475 e. The van der Waals surface area contributed by atoms with Gasteiger partial charge in [-0.25, -0.2) is 4.79 Å². The van der Waals surface area contributed by atoms with Crippen molar-refractivity contribution >= 4 is 35.1 Å². The number of hydrogen-bond donors (Lipinski definition) is 2. The SMILES string of the molecule is CCOC(=O)C1CCN(C(=O)c2c(C(N)=O)sc3c2CCCC3)CC1.O=C(O)C(F)(F)F. The Morgan fingerprint density at radius 1 is 1.16 bits per heavy atom. The zero-order valence-electron chi connectivity index (χ0n) is 17.5. The summed E-state index contributed by atoms with van der Waals surface area (Å²) in [6, 6.07) is 0. The number of fused-ring (bicyclic) bond motifs is 1. The zero-order chi connectivity index (χ0) is 24.1. The second-order valence-corrected chi connectivity index (χ2v) is 8.51. The third kappa shape index (κ3) is 6.21. The molecule has 1 aromatic heterocycles. The van der Waals surface area contributed by atoms with Crippen LogP contribution in [0.3, 0.4) is 0 Å². The standard InChI is InChI=1S/C18H24N2O4S.C2HF3O2/c1-2-24-18(23)11-7-9-20(10-8-11)17(22)14-12-5-3-4-6-13(12)25-15(14)16(19)21;3-2(4,5)1(6)7/h11H,2-10H2,1H3,(H2,19,21);(H,6,7). The van der Waals surface area contributed by atoms with E-state index in [1.807, 2.05) is 0 Å². The number of nitrogens with zero attached hydrogens (tertiary/aromatic N) is 1. The molecule has 12 heteroatoms. The number of carboxylic acids is 1. The maximum atomic E-state index is 13.1. The number of alkyl halides is 3. The molecule has 0 atom stereocenters. The molecule has 1 aliphatic heterocycles. The Kier molecular flexibility index (Phi) is 8.65. The molecule has 32 heavy (non-hydrogen) atoms. The molecule has 2 amide bonds. The third-order valence-corrected chi connectivity index (χ3v) is 6.56. The van der Waals surface area contributed by atoms with Gasteiger partial charge in [0.25, 0.3) is 11.8 Å². The normalized spacial score (nSPS) is 16.4. The number of rotatable bonds is 4. The van der Waals surface area contributed by atoms with Crippen LogP contribution in [-0.2, 0) is 27.2 Å². The predicted octanol–water partition coefficient (Wildman–Crippen LogP) is 2.77. The summed E-state index contributed by atoms with van der Waals surface area (Å²) in [6.45, 7) is 3.18. The fraction of sp³-hybridized carbons (Fsp3) is 0.600. The van der Waals surface area contributed by atoms with E-state index in [-0.39, 0.29) is 17.8 Å². The van der Waals surface area contributed by atoms with Crippen molar-refractivity contribution in [2.24, 2.45) is 11.7 Å². The first-order chi connectivity index (χ1) is 15.0. The maximum Gasteiger partial charge on any atom is 0.490 e. The smallest absolute Gasteiger partial charge is 0.475 e. The van der Waals surface area contributed by atoms with Gasteiger partial charge in [0.1, 0.15) is 4.88 Å². The average Bonchev–Trinajstić information content (AvgIpc) is 3.13. The second-order valence-electron chi connectivity index (χ2n) is 7.40. The number of likely N-dealkylation sites (tertiary alicyclic amines) is 1. The fourth-order valence-electron chi connectivity index (χ4n) is 3.70. The minimum absolute atomic E-state index is 0.115. The Labute approximate surface area is 186 Å². The van der Waals surface area contributed by atoms with Crippen molar-refractivity contribution in [1.82, 2.24) is 4.90 Å². The molecule has 2 aliphatic rings. The highest BCUT2D eigenvalue weighted by atomic mass is 32.1. The third-order valence-electron chi connectivity index (χ3n) is 5.25. The van der Waals surface area contributed by atoms with Crippen LogP contribution >= 0.6 is 11.3 Å². The molecule has 178 valence electrons. The molecule has 1 aromatic rings. The number of amides is 2. The number of aliphatic carboxylic acids is 1. The van der Waals surface area contributed by atoms with Gasteiger partial charge in [-0.15, -0.1) is 11.3 Å². The van der Waals surface area contributed by atoms with Crippen LogP contribution < -0.4 is 5.73 Å². The van der Waals surface area contributed by atoms with Crippen LogP contribution in [0.5, 0.6) is 0 Å². The van der Waals surface area contributed by atoms with Gasteiger partial charge in [-0.1, -0.05) is 0 Å². The summed E-state index contributed by atoms with van der Waals surface area (Å²) < 4.78 is 36.8. The summed E-state index contributed by atoms with van der Waals surface area (Å²) in [4.78, 5) is 48.9. The predicted molar refractivity (Wildman–Crippen MR) is 108 cm³/mol. The van der Waals surface area contributed by atoms with Crippen molar-refractivity contribution < 1.29 is 42.2 Å². The molecule has 1 fully saturated rings. The van der Waals surface area contributed by atoms with Crippen LogP contribution in [-0.4, -0.2) is 59.6 Å². The lowest BCUT2D eigenvalue weighted by molar-refractivity contribution is -0.192. The molecule has 0 bridgehead atoms. The molecule has 0 radical (unpaired) electrons. The molecule has 1 aliphatic carbocycles. The Morgan fingerprint density at radius 2 is 1.72 bits per heavy atom. The van der Waals surface area contributed by atoms with Crippen molar-refractivity contribution in [3.63, 3.8) is 0 Å². The van der Waals surface area contributed by atoms with Crippen molar-refractivity contribution in [3.8, 4) is 0 Å². The van der Waals surface area contributed by atoms with E-state index in [0.29, 0.717) is 43.0 Å². The summed E-state index contributed by atoms with van der Waals surface area (Å²) in [7, 11) is 0. The van der Waals surface area contributed by atoms with Gasteiger partial charge in [0.05, 0.1) is 18.1 Å². The van der Waals surface area contributed by atoms with Gasteiger partial charge in [0.15, 0.2) is 0 Å². The van der Waals surface area contributed by atoms with E-state index in [1.54, 1.807) is 11.8 Å². The molecule has 2 heterocycles. The van der Waals surface area contributed by atoms with E-state index in [1.165, 1.54) is 11.3 Å². The number of carboxylic acid groups (broad SMARTS) is 1. The number of piperidine rings is 1. The van der Waals surface area contributed by atoms with Crippen molar-refractivity contribution in [1.29, 1.82) is 0 Å². The highest BCUT2D eigenvalue weighted by Crippen LogP contribution is 2.35. The van der Waals surface area contributed by atoms with Crippen molar-refractivity contribution in [3.05, 3.63) is 20.9 Å². The number of carbonyl (C=O) groups excluding carboxylic acids is 3. The van der Waals surface area contributed by atoms with E-state index in [0.717, 1.165) is 36.1 Å². The number of carbonyl (C=O) groups is 4. The molecular formula is C20H25F3N2O6S. The molecule has 3 N–H and O–H groups in total. The summed E-state index contributed by atoms with van der Waals surface area (Å²) in [5.41, 5.74) is 7.06. The van der Waals surface area contributed by atoms with Crippen LogP contribution in [0.2, 0.25) is 0 Å². The first-order valence-corrected chi connectivity index (χ1v) is 11.0. The number of primary amides is 1. The van der Waals surface area contributed by atoms with Gasteiger partial charge in [-0.2, -0.15) is 13.2 Å². The van der Waals surface area contributed by atoms with Gasteiger partial charge < -0.3 is 20.5 Å². The summed E-state index contributed by atoms with van der Waals surface area (Å²) >= 11 is 1.38. The van der Waals surface area contributed by atoms with E-state index in [2.05, 4.69) is 0 Å².